The SMILES string of the molecule is NC1=NC(N2CCCCC2)=NC(=O)C1N. The number of nitrogens with zero attached hydrogens (tertiary/aromatic N) is 3. The van der Waals surface area contributed by atoms with Gasteiger partial charge in [-0.2, -0.15) is 9.98 Å². The molecule has 2 aliphatic heterocycles. The van der Waals surface area contributed by atoms with Crippen LogP contribution in [0, 0.1) is 0 Å². The average Bonchev–Trinajstić information content (AvgIpc) is 2.26. The highest BCUT2D eigenvalue weighted by Crippen LogP contribution is 2.11. The molecule has 2 heterocycles. The van der Waals surface area contributed by atoms with E-state index in [1.54, 1.807) is 0 Å². The number of hydrogen-bond donors (Lipinski definition) is 2. The van der Waals surface area contributed by atoms with Crippen LogP contribution in [-0.2, 0) is 4.79 Å². The van der Waals surface area contributed by atoms with Crippen LogP contribution in [0.25, 0.3) is 0 Å². The molecule has 1 atom stereocenters. The predicted octanol–water partition coefficient (Wildman–Crippen LogP) is -0.947. The number of rotatable bonds is 0. The van der Waals surface area contributed by atoms with E-state index >= 15 is 0 Å². The molecule has 0 bridgehead atoms. The second kappa shape index (κ2) is 3.98. The summed E-state index contributed by atoms with van der Waals surface area (Å²) >= 11 is 0. The van der Waals surface area contributed by atoms with E-state index in [1.165, 1.54) is 6.42 Å². The number of aliphatic imine (C=N–C) groups is 2. The molecule has 1 saturated heterocycles. The standard InChI is InChI=1S/C9H15N5O/c10-6-7(11)12-9(13-8(6)15)14-4-2-1-3-5-14/h6H,1-5,10H2,(H2,11,12,13,15). The predicted molar refractivity (Wildman–Crippen MR) is 57.5 cm³/mol. The second-order valence-electron chi connectivity index (χ2n) is 3.81. The van der Waals surface area contributed by atoms with Gasteiger partial charge in [-0.3, -0.25) is 4.79 Å². The van der Waals surface area contributed by atoms with Crippen molar-refractivity contribution in [2.45, 2.75) is 25.3 Å². The van der Waals surface area contributed by atoms with Crippen LogP contribution in [0.3, 0.4) is 0 Å². The summed E-state index contributed by atoms with van der Waals surface area (Å²) in [7, 11) is 0. The van der Waals surface area contributed by atoms with E-state index < -0.39 is 11.9 Å². The normalized spacial score (nSPS) is 27.4. The lowest BCUT2D eigenvalue weighted by molar-refractivity contribution is -0.117. The summed E-state index contributed by atoms with van der Waals surface area (Å²) in [6, 6.07) is -0.862. The number of guanidine groups is 1. The van der Waals surface area contributed by atoms with Crippen LogP contribution >= 0.6 is 0 Å². The van der Waals surface area contributed by atoms with Crippen molar-refractivity contribution in [1.82, 2.24) is 4.90 Å². The fourth-order valence-corrected chi connectivity index (χ4v) is 1.74. The number of amidine groups is 1. The maximum absolute atomic E-state index is 11.4. The molecule has 0 spiro atoms. The van der Waals surface area contributed by atoms with Gasteiger partial charge in [-0.25, -0.2) is 0 Å². The van der Waals surface area contributed by atoms with Gasteiger partial charge in [0, 0.05) is 13.1 Å². The van der Waals surface area contributed by atoms with Crippen molar-refractivity contribution in [2.24, 2.45) is 21.5 Å². The number of carbonyl (C=O) groups is 1. The maximum Gasteiger partial charge on any atom is 0.273 e. The van der Waals surface area contributed by atoms with Crippen LogP contribution in [0.4, 0.5) is 0 Å². The minimum Gasteiger partial charge on any atom is -0.385 e. The molecular formula is C9H15N5O. The molecule has 0 saturated carbocycles. The average molecular weight is 209 g/mol. The van der Waals surface area contributed by atoms with E-state index in [0.717, 1.165) is 25.9 Å². The molecule has 2 aliphatic rings. The number of piperidine rings is 1. The van der Waals surface area contributed by atoms with Gasteiger partial charge in [-0.1, -0.05) is 0 Å². The van der Waals surface area contributed by atoms with Crippen LogP contribution in [0.15, 0.2) is 9.98 Å². The summed E-state index contributed by atoms with van der Waals surface area (Å²) in [5.41, 5.74) is 11.0. The number of hydrogen-bond acceptors (Lipinski definition) is 5. The Bertz CT molecular complexity index is 329. The molecule has 1 amide bonds. The Kier molecular flexibility index (Phi) is 2.68. The molecule has 0 aromatic carbocycles. The fourth-order valence-electron chi connectivity index (χ4n) is 1.74. The van der Waals surface area contributed by atoms with Gasteiger partial charge in [-0.15, -0.1) is 0 Å². The summed E-state index contributed by atoms with van der Waals surface area (Å²) in [4.78, 5) is 21.3. The van der Waals surface area contributed by atoms with Crippen molar-refractivity contribution in [2.75, 3.05) is 13.1 Å². The van der Waals surface area contributed by atoms with Crippen LogP contribution in [0.1, 0.15) is 19.3 Å². The quantitative estimate of drug-likeness (QED) is 0.537. The Balaban J connectivity index is 2.15. The fraction of sp³-hybridized carbons (Fsp3) is 0.667. The van der Waals surface area contributed by atoms with E-state index in [9.17, 15) is 4.79 Å². The Hall–Kier alpha value is -1.43. The zero-order chi connectivity index (χ0) is 10.8. The molecular weight excluding hydrogens is 194 g/mol. The summed E-state index contributed by atoms with van der Waals surface area (Å²) < 4.78 is 0. The van der Waals surface area contributed by atoms with Crippen LogP contribution in [-0.4, -0.2) is 41.7 Å². The zero-order valence-electron chi connectivity index (χ0n) is 8.52. The lowest BCUT2D eigenvalue weighted by atomic mass is 10.1. The molecule has 15 heavy (non-hydrogen) atoms. The van der Waals surface area contributed by atoms with Gasteiger partial charge in [0.25, 0.3) is 5.91 Å². The van der Waals surface area contributed by atoms with Crippen LogP contribution in [0.5, 0.6) is 0 Å². The van der Waals surface area contributed by atoms with Gasteiger partial charge in [-0.05, 0) is 19.3 Å². The lowest BCUT2D eigenvalue weighted by Gasteiger charge is -2.29. The molecule has 1 fully saturated rings. The number of likely N-dealkylation sites (tertiary alicyclic amines) is 1. The first kappa shape index (κ1) is 10.1. The van der Waals surface area contributed by atoms with Crippen molar-refractivity contribution < 1.29 is 4.79 Å². The second-order valence-corrected chi connectivity index (χ2v) is 3.81. The monoisotopic (exact) mass is 209 g/mol. The third-order valence-electron chi connectivity index (χ3n) is 2.66. The Morgan fingerprint density at radius 1 is 1.20 bits per heavy atom. The molecule has 0 aromatic heterocycles. The molecule has 6 heteroatoms. The zero-order valence-corrected chi connectivity index (χ0v) is 8.52. The minimum absolute atomic E-state index is 0.163. The van der Waals surface area contributed by atoms with Crippen molar-refractivity contribution in [3.63, 3.8) is 0 Å². The van der Waals surface area contributed by atoms with E-state index in [-0.39, 0.29) is 5.84 Å². The highest BCUT2D eigenvalue weighted by Gasteiger charge is 2.26. The van der Waals surface area contributed by atoms with Crippen molar-refractivity contribution in [3.05, 3.63) is 0 Å². The number of amides is 1. The molecule has 6 nitrogen and oxygen atoms in total. The molecule has 82 valence electrons. The Morgan fingerprint density at radius 3 is 2.47 bits per heavy atom. The van der Waals surface area contributed by atoms with Gasteiger partial charge in [0.2, 0.25) is 5.96 Å². The summed E-state index contributed by atoms with van der Waals surface area (Å²) in [5.74, 6) is 0.192. The third kappa shape index (κ3) is 1.99. The summed E-state index contributed by atoms with van der Waals surface area (Å²) in [5, 5.41) is 0. The lowest BCUT2D eigenvalue weighted by Crippen LogP contribution is -2.48. The molecule has 0 aliphatic carbocycles. The van der Waals surface area contributed by atoms with E-state index in [2.05, 4.69) is 9.98 Å². The van der Waals surface area contributed by atoms with Crippen LogP contribution < -0.4 is 11.5 Å². The molecule has 2 rings (SSSR count). The molecule has 0 radical (unpaired) electrons. The first-order valence-electron chi connectivity index (χ1n) is 5.15. The topological polar surface area (TPSA) is 97.1 Å². The van der Waals surface area contributed by atoms with Gasteiger partial charge < -0.3 is 16.4 Å². The van der Waals surface area contributed by atoms with E-state index in [1.807, 2.05) is 4.90 Å². The van der Waals surface area contributed by atoms with Crippen LogP contribution in [0.2, 0.25) is 0 Å². The highest BCUT2D eigenvalue weighted by molar-refractivity contribution is 6.16. The number of carbonyl (C=O) groups excluding carboxylic acids is 1. The van der Waals surface area contributed by atoms with Gasteiger partial charge >= 0.3 is 0 Å². The highest BCUT2D eigenvalue weighted by atomic mass is 16.1. The van der Waals surface area contributed by atoms with Gasteiger partial charge in [0.05, 0.1) is 0 Å². The third-order valence-corrected chi connectivity index (χ3v) is 2.66. The molecule has 0 aromatic rings. The minimum atomic E-state index is -0.862. The summed E-state index contributed by atoms with van der Waals surface area (Å²) in [6.07, 6.45) is 3.43. The van der Waals surface area contributed by atoms with Gasteiger partial charge in [0.15, 0.2) is 0 Å². The first-order valence-corrected chi connectivity index (χ1v) is 5.15. The van der Waals surface area contributed by atoms with Crippen molar-refractivity contribution in [3.8, 4) is 0 Å². The Morgan fingerprint density at radius 2 is 1.87 bits per heavy atom. The smallest absolute Gasteiger partial charge is 0.273 e. The Labute approximate surface area is 88.0 Å². The van der Waals surface area contributed by atoms with E-state index in [4.69, 9.17) is 11.5 Å². The largest absolute Gasteiger partial charge is 0.385 e. The van der Waals surface area contributed by atoms with E-state index in [0.29, 0.717) is 5.96 Å². The maximum atomic E-state index is 11.4. The van der Waals surface area contributed by atoms with Crippen molar-refractivity contribution in [1.29, 1.82) is 0 Å². The van der Waals surface area contributed by atoms with Crippen molar-refractivity contribution >= 4 is 17.7 Å². The molecule has 4 N–H and O–H groups in total. The number of nitrogens with two attached hydrogens (primary N) is 2. The summed E-state index contributed by atoms with van der Waals surface area (Å²) in [6.45, 7) is 1.77. The molecule has 1 unspecified atom stereocenters. The first-order chi connectivity index (χ1) is 7.18. The van der Waals surface area contributed by atoms with Gasteiger partial charge in [0.1, 0.15) is 11.9 Å².